The van der Waals surface area contributed by atoms with E-state index in [1.165, 1.54) is 24.8 Å². The molecule has 1 fully saturated rings. The van der Waals surface area contributed by atoms with E-state index in [0.717, 1.165) is 36.6 Å². The van der Waals surface area contributed by atoms with Gasteiger partial charge in [0.15, 0.2) is 11.5 Å². The number of rotatable bonds is 4. The van der Waals surface area contributed by atoms with Crippen molar-refractivity contribution in [2.45, 2.75) is 38.8 Å². The first-order valence-electron chi connectivity index (χ1n) is 7.11. The van der Waals surface area contributed by atoms with Crippen LogP contribution in [0.2, 0.25) is 0 Å². The summed E-state index contributed by atoms with van der Waals surface area (Å²) in [6, 6.07) is 6.85. The van der Waals surface area contributed by atoms with Gasteiger partial charge in [-0.25, -0.2) is 4.98 Å². The number of nitrogens with one attached hydrogen (secondary N) is 2. The van der Waals surface area contributed by atoms with Crippen molar-refractivity contribution in [2.24, 2.45) is 0 Å². The van der Waals surface area contributed by atoms with Crippen LogP contribution in [-0.2, 0) is 6.54 Å². The summed E-state index contributed by atoms with van der Waals surface area (Å²) in [6.45, 7) is 4.97. The van der Waals surface area contributed by atoms with Crippen LogP contribution in [0.15, 0.2) is 22.6 Å². The van der Waals surface area contributed by atoms with E-state index in [0.29, 0.717) is 6.04 Å². The van der Waals surface area contributed by atoms with Crippen LogP contribution in [0.3, 0.4) is 0 Å². The van der Waals surface area contributed by atoms with Crippen molar-refractivity contribution < 1.29 is 4.42 Å². The lowest BCUT2D eigenvalue weighted by atomic mass is 10.1. The Kier molecular flexibility index (Phi) is 3.80. The molecule has 0 saturated carbocycles. The lowest BCUT2D eigenvalue weighted by molar-refractivity contribution is 0.383. The molecule has 1 aliphatic rings. The Morgan fingerprint density at radius 3 is 3.21 bits per heavy atom. The summed E-state index contributed by atoms with van der Waals surface area (Å²) in [7, 11) is 0. The van der Waals surface area contributed by atoms with Crippen LogP contribution in [0.4, 0.5) is 0 Å². The molecule has 1 aromatic heterocycles. The summed E-state index contributed by atoms with van der Waals surface area (Å²) in [6.07, 6.45) is 3.96. The van der Waals surface area contributed by atoms with Gasteiger partial charge in [0.1, 0.15) is 5.52 Å². The lowest BCUT2D eigenvalue weighted by Crippen LogP contribution is -2.41. The first-order chi connectivity index (χ1) is 9.31. The molecule has 2 N–H and O–H groups in total. The summed E-state index contributed by atoms with van der Waals surface area (Å²) in [5.74, 6) is 0.728. The molecule has 2 heterocycles. The van der Waals surface area contributed by atoms with Crippen molar-refractivity contribution in [1.82, 2.24) is 15.6 Å². The van der Waals surface area contributed by atoms with E-state index in [1.54, 1.807) is 0 Å². The number of benzene rings is 1. The molecule has 0 bridgehead atoms. The van der Waals surface area contributed by atoms with Gasteiger partial charge in [0.05, 0.1) is 0 Å². The number of aromatic nitrogens is 1. The van der Waals surface area contributed by atoms with Gasteiger partial charge in [-0.1, -0.05) is 12.5 Å². The Morgan fingerprint density at radius 2 is 2.37 bits per heavy atom. The molecule has 2 aromatic rings. The van der Waals surface area contributed by atoms with Gasteiger partial charge in [0.25, 0.3) is 0 Å². The minimum Gasteiger partial charge on any atom is -0.441 e. The number of aryl methyl sites for hydroxylation is 1. The highest BCUT2D eigenvalue weighted by molar-refractivity contribution is 5.73. The number of hydrogen-bond acceptors (Lipinski definition) is 4. The third kappa shape index (κ3) is 3.14. The van der Waals surface area contributed by atoms with Gasteiger partial charge in [-0.3, -0.25) is 0 Å². The molecule has 4 nitrogen and oxygen atoms in total. The standard InChI is InChI=1S/C15H21N3O/c1-11-18-14-8-12(5-6-15(14)19-11)9-16-10-13-4-2-3-7-17-13/h5-6,8,13,16-17H,2-4,7,9-10H2,1H3. The molecule has 0 spiro atoms. The molecule has 0 aliphatic carbocycles. The van der Waals surface area contributed by atoms with Crippen molar-refractivity contribution >= 4 is 11.1 Å². The van der Waals surface area contributed by atoms with Crippen molar-refractivity contribution in [3.8, 4) is 0 Å². The molecule has 0 radical (unpaired) electrons. The Hall–Kier alpha value is -1.39. The second-order valence-corrected chi connectivity index (χ2v) is 5.31. The average molecular weight is 259 g/mol. The van der Waals surface area contributed by atoms with E-state index >= 15 is 0 Å². The predicted octanol–water partition coefficient (Wildman–Crippen LogP) is 2.37. The monoisotopic (exact) mass is 259 g/mol. The molecule has 1 atom stereocenters. The largest absolute Gasteiger partial charge is 0.441 e. The molecule has 1 aliphatic heterocycles. The van der Waals surface area contributed by atoms with E-state index in [1.807, 2.05) is 13.0 Å². The topological polar surface area (TPSA) is 50.1 Å². The Balaban J connectivity index is 1.55. The zero-order valence-corrected chi connectivity index (χ0v) is 11.4. The summed E-state index contributed by atoms with van der Waals surface area (Å²) in [5, 5.41) is 7.07. The molecule has 1 unspecified atom stereocenters. The van der Waals surface area contributed by atoms with Gasteiger partial charge in [0, 0.05) is 26.1 Å². The minimum absolute atomic E-state index is 0.631. The zero-order valence-electron chi connectivity index (χ0n) is 11.4. The lowest BCUT2D eigenvalue weighted by Gasteiger charge is -2.23. The van der Waals surface area contributed by atoms with E-state index in [4.69, 9.17) is 4.42 Å². The summed E-state index contributed by atoms with van der Waals surface area (Å²) in [4.78, 5) is 4.36. The van der Waals surface area contributed by atoms with Gasteiger partial charge in [-0.05, 0) is 37.1 Å². The first kappa shape index (κ1) is 12.6. The average Bonchev–Trinajstić information content (AvgIpc) is 2.79. The molecule has 3 rings (SSSR count). The molecular weight excluding hydrogens is 238 g/mol. The van der Waals surface area contributed by atoms with Gasteiger partial charge in [0.2, 0.25) is 0 Å². The maximum Gasteiger partial charge on any atom is 0.192 e. The van der Waals surface area contributed by atoms with E-state index < -0.39 is 0 Å². The van der Waals surface area contributed by atoms with Gasteiger partial charge >= 0.3 is 0 Å². The molecule has 1 saturated heterocycles. The fourth-order valence-electron chi connectivity index (χ4n) is 2.69. The number of fused-ring (bicyclic) bond motifs is 1. The number of nitrogens with zero attached hydrogens (tertiary/aromatic N) is 1. The van der Waals surface area contributed by atoms with E-state index in [2.05, 4.69) is 27.8 Å². The third-order valence-electron chi connectivity index (χ3n) is 3.69. The van der Waals surface area contributed by atoms with Crippen molar-refractivity contribution in [3.05, 3.63) is 29.7 Å². The Morgan fingerprint density at radius 1 is 1.42 bits per heavy atom. The van der Waals surface area contributed by atoms with Gasteiger partial charge in [-0.15, -0.1) is 0 Å². The van der Waals surface area contributed by atoms with Crippen molar-refractivity contribution in [3.63, 3.8) is 0 Å². The van der Waals surface area contributed by atoms with Crippen LogP contribution < -0.4 is 10.6 Å². The molecule has 19 heavy (non-hydrogen) atoms. The molecule has 1 aromatic carbocycles. The van der Waals surface area contributed by atoms with Crippen LogP contribution in [0.5, 0.6) is 0 Å². The SMILES string of the molecule is Cc1nc2cc(CNCC3CCCCN3)ccc2o1. The number of hydrogen-bond donors (Lipinski definition) is 2. The van der Waals surface area contributed by atoms with Crippen LogP contribution in [0.1, 0.15) is 30.7 Å². The molecule has 4 heteroatoms. The zero-order chi connectivity index (χ0) is 13.1. The Bertz CT molecular complexity index is 543. The third-order valence-corrected chi connectivity index (χ3v) is 3.69. The smallest absolute Gasteiger partial charge is 0.192 e. The fraction of sp³-hybridized carbons (Fsp3) is 0.533. The van der Waals surface area contributed by atoms with Crippen molar-refractivity contribution in [1.29, 1.82) is 0 Å². The quantitative estimate of drug-likeness (QED) is 0.885. The van der Waals surface area contributed by atoms with E-state index in [9.17, 15) is 0 Å². The van der Waals surface area contributed by atoms with Crippen LogP contribution in [0.25, 0.3) is 11.1 Å². The highest BCUT2D eigenvalue weighted by Gasteiger charge is 2.11. The number of piperidine rings is 1. The van der Waals surface area contributed by atoms with Crippen molar-refractivity contribution in [2.75, 3.05) is 13.1 Å². The van der Waals surface area contributed by atoms with Crippen LogP contribution in [0, 0.1) is 6.92 Å². The maximum atomic E-state index is 5.48. The summed E-state index contributed by atoms with van der Waals surface area (Å²) >= 11 is 0. The van der Waals surface area contributed by atoms with Gasteiger partial charge in [-0.2, -0.15) is 0 Å². The minimum atomic E-state index is 0.631. The first-order valence-corrected chi connectivity index (χ1v) is 7.11. The highest BCUT2D eigenvalue weighted by Crippen LogP contribution is 2.16. The van der Waals surface area contributed by atoms with Gasteiger partial charge < -0.3 is 15.1 Å². The number of oxazole rings is 1. The second-order valence-electron chi connectivity index (χ2n) is 5.31. The molecular formula is C15H21N3O. The molecule has 102 valence electrons. The normalized spacial score (nSPS) is 19.9. The second kappa shape index (κ2) is 5.72. The summed E-state index contributed by atoms with van der Waals surface area (Å²) in [5.41, 5.74) is 3.08. The highest BCUT2D eigenvalue weighted by atomic mass is 16.3. The van der Waals surface area contributed by atoms with Crippen LogP contribution >= 0.6 is 0 Å². The molecule has 0 amide bonds. The van der Waals surface area contributed by atoms with E-state index in [-0.39, 0.29) is 0 Å². The fourth-order valence-corrected chi connectivity index (χ4v) is 2.69. The summed E-state index contributed by atoms with van der Waals surface area (Å²) < 4.78 is 5.48. The van der Waals surface area contributed by atoms with Crippen LogP contribution in [-0.4, -0.2) is 24.1 Å². The predicted molar refractivity (Wildman–Crippen MR) is 76.1 cm³/mol. The Labute approximate surface area is 113 Å². The maximum absolute atomic E-state index is 5.48.